The van der Waals surface area contributed by atoms with Gasteiger partial charge in [-0.1, -0.05) is 23.2 Å². The maximum atomic E-state index is 12.0. The van der Waals surface area contributed by atoms with Crippen LogP contribution in [0.4, 0.5) is 5.82 Å². The predicted molar refractivity (Wildman–Crippen MR) is 99.1 cm³/mol. The number of carbonyl (C=O) groups excluding carboxylic acids is 1. The summed E-state index contributed by atoms with van der Waals surface area (Å²) in [5.41, 5.74) is 0.386. The monoisotopic (exact) mass is 396 g/mol. The number of amides is 1. The molecule has 2 N–H and O–H groups in total. The van der Waals surface area contributed by atoms with Gasteiger partial charge in [-0.15, -0.1) is 11.3 Å². The van der Waals surface area contributed by atoms with Crippen LogP contribution >= 0.6 is 34.5 Å². The van der Waals surface area contributed by atoms with E-state index in [1.165, 1.54) is 17.7 Å². The molecule has 0 aliphatic rings. The van der Waals surface area contributed by atoms with Crippen molar-refractivity contribution in [2.75, 3.05) is 18.4 Å². The molecule has 0 atom stereocenters. The quantitative estimate of drug-likeness (QED) is 0.624. The summed E-state index contributed by atoms with van der Waals surface area (Å²) in [4.78, 5) is 24.6. The van der Waals surface area contributed by atoms with E-state index >= 15 is 0 Å². The molecule has 0 spiro atoms. The number of anilines is 1. The minimum Gasteiger partial charge on any atom is -0.368 e. The molecule has 25 heavy (non-hydrogen) atoms. The molecule has 0 aliphatic carbocycles. The molecule has 1 amide bonds. The van der Waals surface area contributed by atoms with Crippen molar-refractivity contribution in [2.45, 2.75) is 6.92 Å². The van der Waals surface area contributed by atoms with E-state index in [1.54, 1.807) is 12.3 Å². The van der Waals surface area contributed by atoms with Gasteiger partial charge in [-0.05, 0) is 13.0 Å². The van der Waals surface area contributed by atoms with Crippen molar-refractivity contribution in [2.24, 2.45) is 0 Å². The Morgan fingerprint density at radius 1 is 1.24 bits per heavy atom. The van der Waals surface area contributed by atoms with E-state index in [4.69, 9.17) is 23.2 Å². The van der Waals surface area contributed by atoms with Crippen molar-refractivity contribution < 1.29 is 4.79 Å². The number of rotatable bonds is 6. The highest BCUT2D eigenvalue weighted by atomic mass is 35.5. The third kappa shape index (κ3) is 4.28. The highest BCUT2D eigenvalue weighted by Crippen LogP contribution is 2.30. The summed E-state index contributed by atoms with van der Waals surface area (Å²) in [6.45, 7) is 2.80. The Bertz CT molecular complexity index is 894. The molecule has 3 rings (SSSR count). The van der Waals surface area contributed by atoms with E-state index in [1.807, 2.05) is 23.8 Å². The summed E-state index contributed by atoms with van der Waals surface area (Å²) in [7, 11) is 0. The molecule has 0 unspecified atom stereocenters. The standard InChI is InChI=1S/C15H14Cl2N6OS/c1-9-18-4-5-23(9)13-7-12(21-8-22-13)19-2-3-20-15(24)10-6-11(16)25-14(10)17/h4-8H,2-3H2,1H3,(H,20,24)(H,19,21,22). The lowest BCUT2D eigenvalue weighted by Crippen LogP contribution is -2.28. The smallest absolute Gasteiger partial charge is 0.253 e. The molecule has 0 aliphatic heterocycles. The van der Waals surface area contributed by atoms with Gasteiger partial charge in [-0.2, -0.15) is 0 Å². The molecule has 10 heteroatoms. The second kappa shape index (κ2) is 7.81. The largest absolute Gasteiger partial charge is 0.368 e. The Balaban J connectivity index is 1.53. The van der Waals surface area contributed by atoms with Crippen molar-refractivity contribution in [3.05, 3.63) is 50.9 Å². The molecule has 0 fully saturated rings. The van der Waals surface area contributed by atoms with Crippen LogP contribution in [-0.2, 0) is 0 Å². The van der Waals surface area contributed by atoms with Gasteiger partial charge in [0.1, 0.15) is 28.1 Å². The van der Waals surface area contributed by atoms with Crippen LogP contribution < -0.4 is 10.6 Å². The summed E-state index contributed by atoms with van der Waals surface area (Å²) < 4.78 is 2.72. The zero-order valence-corrected chi connectivity index (χ0v) is 15.5. The first-order chi connectivity index (χ1) is 12.0. The summed E-state index contributed by atoms with van der Waals surface area (Å²) in [5, 5.41) is 5.92. The Labute approximate surface area is 158 Å². The minimum absolute atomic E-state index is 0.257. The average molecular weight is 397 g/mol. The molecule has 0 aromatic carbocycles. The number of nitrogens with one attached hydrogen (secondary N) is 2. The van der Waals surface area contributed by atoms with Crippen molar-refractivity contribution in [3.63, 3.8) is 0 Å². The molecule has 7 nitrogen and oxygen atoms in total. The van der Waals surface area contributed by atoms with Crippen molar-refractivity contribution >= 4 is 46.3 Å². The number of halogens is 2. The van der Waals surface area contributed by atoms with E-state index in [0.29, 0.717) is 33.1 Å². The second-order valence-corrected chi connectivity index (χ2v) is 7.31. The van der Waals surface area contributed by atoms with Crippen molar-refractivity contribution in [1.82, 2.24) is 24.8 Å². The van der Waals surface area contributed by atoms with Gasteiger partial charge in [-0.25, -0.2) is 15.0 Å². The van der Waals surface area contributed by atoms with Crippen molar-refractivity contribution in [1.29, 1.82) is 0 Å². The van der Waals surface area contributed by atoms with Gasteiger partial charge in [0.2, 0.25) is 0 Å². The third-order valence-corrected chi connectivity index (χ3v) is 4.83. The molecule has 3 heterocycles. The zero-order chi connectivity index (χ0) is 17.8. The van der Waals surface area contributed by atoms with Crippen LogP contribution in [0.1, 0.15) is 16.2 Å². The van der Waals surface area contributed by atoms with Gasteiger partial charge in [-0.3, -0.25) is 9.36 Å². The van der Waals surface area contributed by atoms with Crippen LogP contribution in [0.5, 0.6) is 0 Å². The molecule has 3 aromatic heterocycles. The number of hydrogen-bond donors (Lipinski definition) is 2. The van der Waals surface area contributed by atoms with Crippen LogP contribution in [0.15, 0.2) is 30.9 Å². The fourth-order valence-corrected chi connectivity index (χ4v) is 3.61. The molecule has 0 radical (unpaired) electrons. The van der Waals surface area contributed by atoms with Gasteiger partial charge in [0, 0.05) is 31.5 Å². The first-order valence-corrected chi connectivity index (χ1v) is 8.91. The first-order valence-electron chi connectivity index (χ1n) is 7.34. The third-order valence-electron chi connectivity index (χ3n) is 3.34. The Morgan fingerprint density at radius 2 is 2.08 bits per heavy atom. The number of imidazole rings is 1. The number of carbonyl (C=O) groups is 1. The number of aromatic nitrogens is 4. The summed E-state index contributed by atoms with van der Waals surface area (Å²) in [5.74, 6) is 1.95. The summed E-state index contributed by atoms with van der Waals surface area (Å²) in [6.07, 6.45) is 5.02. The first kappa shape index (κ1) is 17.7. The average Bonchev–Trinajstić information content (AvgIpc) is 3.16. The second-order valence-electron chi connectivity index (χ2n) is 5.03. The number of aryl methyl sites for hydroxylation is 1. The normalized spacial score (nSPS) is 10.7. The molecule has 130 valence electrons. The van der Waals surface area contributed by atoms with E-state index < -0.39 is 0 Å². The summed E-state index contributed by atoms with van der Waals surface area (Å²) in [6, 6.07) is 3.37. The number of hydrogen-bond acceptors (Lipinski definition) is 6. The molecule has 0 saturated heterocycles. The van der Waals surface area contributed by atoms with Crippen LogP contribution in [0.2, 0.25) is 8.67 Å². The van der Waals surface area contributed by atoms with E-state index in [9.17, 15) is 4.79 Å². The fourth-order valence-electron chi connectivity index (χ4n) is 2.15. The predicted octanol–water partition coefficient (Wildman–Crippen LogP) is 3.18. The highest BCUT2D eigenvalue weighted by Gasteiger charge is 2.13. The zero-order valence-electron chi connectivity index (χ0n) is 13.2. The Hall–Kier alpha value is -2.16. The van der Waals surface area contributed by atoms with Gasteiger partial charge in [0.05, 0.1) is 9.90 Å². The van der Waals surface area contributed by atoms with Crippen LogP contribution in [0.25, 0.3) is 5.82 Å². The van der Waals surface area contributed by atoms with Gasteiger partial charge < -0.3 is 10.6 Å². The fraction of sp³-hybridized carbons (Fsp3) is 0.200. The van der Waals surface area contributed by atoms with Crippen molar-refractivity contribution in [3.8, 4) is 5.82 Å². The van der Waals surface area contributed by atoms with Gasteiger partial charge >= 0.3 is 0 Å². The van der Waals surface area contributed by atoms with Gasteiger partial charge in [0.15, 0.2) is 0 Å². The molecule has 0 saturated carbocycles. The Morgan fingerprint density at radius 3 is 2.76 bits per heavy atom. The maximum Gasteiger partial charge on any atom is 0.253 e. The number of nitrogens with zero attached hydrogens (tertiary/aromatic N) is 4. The SMILES string of the molecule is Cc1nccn1-c1cc(NCCNC(=O)c2cc(Cl)sc2Cl)ncn1. The Kier molecular flexibility index (Phi) is 5.52. The van der Waals surface area contributed by atoms with E-state index in [-0.39, 0.29) is 5.91 Å². The minimum atomic E-state index is -0.257. The maximum absolute atomic E-state index is 12.0. The molecule has 0 bridgehead atoms. The van der Waals surface area contributed by atoms with Gasteiger partial charge in [0.25, 0.3) is 5.91 Å². The summed E-state index contributed by atoms with van der Waals surface area (Å²) >= 11 is 13.0. The lowest BCUT2D eigenvalue weighted by Gasteiger charge is -2.09. The number of thiophene rings is 1. The lowest BCUT2D eigenvalue weighted by atomic mass is 10.3. The molecular weight excluding hydrogens is 383 g/mol. The highest BCUT2D eigenvalue weighted by molar-refractivity contribution is 7.20. The van der Waals surface area contributed by atoms with E-state index in [2.05, 4.69) is 25.6 Å². The van der Waals surface area contributed by atoms with Crippen LogP contribution in [-0.4, -0.2) is 38.5 Å². The van der Waals surface area contributed by atoms with Crippen LogP contribution in [0.3, 0.4) is 0 Å². The van der Waals surface area contributed by atoms with Crippen LogP contribution in [0, 0.1) is 6.92 Å². The lowest BCUT2D eigenvalue weighted by molar-refractivity contribution is 0.0956. The van der Waals surface area contributed by atoms with E-state index in [0.717, 1.165) is 11.6 Å². The topological polar surface area (TPSA) is 84.7 Å². The molecular formula is C15H14Cl2N6OS. The molecule has 3 aromatic rings.